The van der Waals surface area contributed by atoms with Crippen molar-refractivity contribution in [1.82, 2.24) is 9.80 Å². The number of carboxylic acid groups (broad SMARTS) is 1. The molecule has 8 heteroatoms. The van der Waals surface area contributed by atoms with Crippen LogP contribution in [0.15, 0.2) is 0 Å². The van der Waals surface area contributed by atoms with E-state index >= 15 is 0 Å². The van der Waals surface area contributed by atoms with Gasteiger partial charge >= 0.3 is 12.0 Å². The molecule has 108 valence electrons. The molecule has 0 radical (unpaired) electrons. The van der Waals surface area contributed by atoms with Crippen molar-refractivity contribution in [2.45, 2.75) is 19.4 Å². The Morgan fingerprint density at radius 2 is 2.00 bits per heavy atom. The Hall–Kier alpha value is -1.83. The van der Waals surface area contributed by atoms with Gasteiger partial charge in [-0.2, -0.15) is 0 Å². The number of carbonyl (C=O) groups excluding carboxylic acids is 2. The summed E-state index contributed by atoms with van der Waals surface area (Å²) in [4.78, 5) is 36.1. The first-order valence-corrected chi connectivity index (χ1v) is 6.03. The second kappa shape index (κ2) is 6.37. The van der Waals surface area contributed by atoms with Crippen LogP contribution in [0.25, 0.3) is 0 Å². The summed E-state index contributed by atoms with van der Waals surface area (Å²) in [6.45, 7) is 1.10. The van der Waals surface area contributed by atoms with E-state index in [1.54, 1.807) is 0 Å². The minimum absolute atomic E-state index is 0.134. The number of rotatable bonds is 5. The normalized spacial score (nSPS) is 22.3. The number of likely N-dealkylation sites (tertiary alicyclic amines) is 1. The molecule has 0 aromatic carbocycles. The van der Waals surface area contributed by atoms with Crippen LogP contribution in [0.5, 0.6) is 0 Å². The topological polar surface area (TPSA) is 124 Å². The molecule has 1 aliphatic rings. The smallest absolute Gasteiger partial charge is 0.323 e. The van der Waals surface area contributed by atoms with Gasteiger partial charge in [0.15, 0.2) is 0 Å². The Morgan fingerprint density at radius 1 is 1.37 bits per heavy atom. The number of carbonyl (C=O) groups is 3. The molecule has 1 rings (SSSR count). The second-order valence-electron chi connectivity index (χ2n) is 4.71. The average molecular weight is 273 g/mol. The van der Waals surface area contributed by atoms with Crippen molar-refractivity contribution in [3.05, 3.63) is 0 Å². The maximum absolute atomic E-state index is 12.2. The highest BCUT2D eigenvalue weighted by Gasteiger charge is 2.36. The van der Waals surface area contributed by atoms with Crippen molar-refractivity contribution < 1.29 is 24.6 Å². The fraction of sp³-hybridized carbons (Fsp3) is 0.727. The van der Waals surface area contributed by atoms with Gasteiger partial charge in [0.25, 0.3) is 0 Å². The Bertz CT molecular complexity index is 357. The highest BCUT2D eigenvalue weighted by Crippen LogP contribution is 2.24. The lowest BCUT2D eigenvalue weighted by atomic mass is 10.0. The molecule has 4 N–H and O–H groups in total. The van der Waals surface area contributed by atoms with Gasteiger partial charge in [-0.25, -0.2) is 4.79 Å². The monoisotopic (exact) mass is 273 g/mol. The summed E-state index contributed by atoms with van der Waals surface area (Å²) in [6, 6.07) is -0.929. The first-order valence-electron chi connectivity index (χ1n) is 6.03. The summed E-state index contributed by atoms with van der Waals surface area (Å²) in [7, 11) is 0. The van der Waals surface area contributed by atoms with Crippen molar-refractivity contribution in [2.75, 3.05) is 26.2 Å². The number of carboxylic acids is 1. The first-order chi connectivity index (χ1) is 8.86. The number of aliphatic hydroxyl groups excluding tert-OH is 1. The summed E-state index contributed by atoms with van der Waals surface area (Å²) in [6.07, 6.45) is 0.731. The van der Waals surface area contributed by atoms with E-state index in [-0.39, 0.29) is 18.6 Å². The fourth-order valence-corrected chi connectivity index (χ4v) is 2.25. The van der Waals surface area contributed by atoms with Gasteiger partial charge in [-0.3, -0.25) is 9.59 Å². The molecule has 0 aromatic heterocycles. The summed E-state index contributed by atoms with van der Waals surface area (Å²) in [5, 5.41) is 18.0. The molecule has 2 atom stereocenters. The quantitative estimate of drug-likeness (QED) is 0.573. The molecule has 1 aliphatic heterocycles. The Kier molecular flexibility index (Phi) is 5.11. The molecule has 0 aliphatic carbocycles. The predicted octanol–water partition coefficient (Wildman–Crippen LogP) is -1.32. The van der Waals surface area contributed by atoms with Gasteiger partial charge in [0.05, 0.1) is 12.6 Å². The van der Waals surface area contributed by atoms with Gasteiger partial charge in [0.1, 0.15) is 13.1 Å². The van der Waals surface area contributed by atoms with Gasteiger partial charge in [-0.05, 0) is 12.3 Å². The summed E-state index contributed by atoms with van der Waals surface area (Å²) in [5.41, 5.74) is 5.01. The third kappa shape index (κ3) is 3.82. The molecule has 0 spiro atoms. The van der Waals surface area contributed by atoms with E-state index in [2.05, 4.69) is 0 Å². The minimum Gasteiger partial charge on any atom is -0.480 e. The van der Waals surface area contributed by atoms with Crippen LogP contribution in [-0.4, -0.2) is 70.2 Å². The largest absolute Gasteiger partial charge is 0.480 e. The number of primary amides is 1. The Morgan fingerprint density at radius 3 is 2.47 bits per heavy atom. The fourth-order valence-electron chi connectivity index (χ4n) is 2.25. The van der Waals surface area contributed by atoms with Crippen LogP contribution in [0.4, 0.5) is 4.79 Å². The van der Waals surface area contributed by atoms with Crippen LogP contribution in [-0.2, 0) is 9.59 Å². The third-order valence-electron chi connectivity index (χ3n) is 3.26. The zero-order chi connectivity index (χ0) is 14.6. The van der Waals surface area contributed by atoms with Crippen molar-refractivity contribution in [3.8, 4) is 0 Å². The maximum Gasteiger partial charge on any atom is 0.323 e. The van der Waals surface area contributed by atoms with E-state index in [1.807, 2.05) is 6.92 Å². The Labute approximate surface area is 110 Å². The van der Waals surface area contributed by atoms with Crippen LogP contribution in [0.2, 0.25) is 0 Å². The maximum atomic E-state index is 12.2. The average Bonchev–Trinajstić information content (AvgIpc) is 2.67. The lowest BCUT2D eigenvalue weighted by molar-refractivity contribution is -0.138. The number of aliphatic carboxylic acids is 1. The molecule has 8 nitrogen and oxygen atoms in total. The van der Waals surface area contributed by atoms with E-state index in [0.29, 0.717) is 6.54 Å². The molecular formula is C11H19N3O5. The van der Waals surface area contributed by atoms with Crippen LogP contribution >= 0.6 is 0 Å². The van der Waals surface area contributed by atoms with Gasteiger partial charge in [-0.1, -0.05) is 6.92 Å². The van der Waals surface area contributed by atoms with Crippen molar-refractivity contribution in [1.29, 1.82) is 0 Å². The summed E-state index contributed by atoms with van der Waals surface area (Å²) in [5.74, 6) is -1.86. The number of urea groups is 1. The summed E-state index contributed by atoms with van der Waals surface area (Å²) >= 11 is 0. The van der Waals surface area contributed by atoms with Crippen LogP contribution in [0.1, 0.15) is 13.3 Å². The van der Waals surface area contributed by atoms with Crippen molar-refractivity contribution in [2.24, 2.45) is 11.7 Å². The molecule has 19 heavy (non-hydrogen) atoms. The van der Waals surface area contributed by atoms with Crippen molar-refractivity contribution in [3.63, 3.8) is 0 Å². The van der Waals surface area contributed by atoms with E-state index in [0.717, 1.165) is 11.3 Å². The lowest BCUT2D eigenvalue weighted by Crippen LogP contribution is -2.51. The third-order valence-corrected chi connectivity index (χ3v) is 3.26. The summed E-state index contributed by atoms with van der Waals surface area (Å²) < 4.78 is 0. The lowest BCUT2D eigenvalue weighted by Gasteiger charge is -2.30. The second-order valence-corrected chi connectivity index (χ2v) is 4.71. The molecular weight excluding hydrogens is 254 g/mol. The van der Waals surface area contributed by atoms with E-state index in [9.17, 15) is 19.5 Å². The van der Waals surface area contributed by atoms with E-state index in [4.69, 9.17) is 10.8 Å². The number of nitrogens with zero attached hydrogens (tertiary/aromatic N) is 2. The number of hydrogen-bond donors (Lipinski definition) is 3. The standard InChI is InChI=1S/C11H19N3O5/c1-7-2-3-14(8(7)6-15)11(19)13(4-9(12)16)5-10(17)18/h7-8,15H,2-6H2,1H3,(H2,12,16)(H,17,18). The first kappa shape index (κ1) is 15.2. The van der Waals surface area contributed by atoms with Crippen LogP contribution < -0.4 is 5.73 Å². The molecule has 0 aromatic rings. The van der Waals surface area contributed by atoms with Crippen molar-refractivity contribution >= 4 is 17.9 Å². The highest BCUT2D eigenvalue weighted by molar-refractivity contribution is 5.86. The molecule has 2 unspecified atom stereocenters. The molecule has 0 bridgehead atoms. The van der Waals surface area contributed by atoms with E-state index in [1.165, 1.54) is 4.90 Å². The molecule has 3 amide bonds. The molecule has 0 saturated carbocycles. The number of nitrogens with two attached hydrogens (primary N) is 1. The van der Waals surface area contributed by atoms with E-state index < -0.39 is 31.0 Å². The SMILES string of the molecule is CC1CCN(C(=O)N(CC(N)=O)CC(=O)O)C1CO. The van der Waals surface area contributed by atoms with Gasteiger partial charge in [0, 0.05) is 6.54 Å². The van der Waals surface area contributed by atoms with Crippen LogP contribution in [0.3, 0.4) is 0 Å². The number of hydrogen-bond acceptors (Lipinski definition) is 4. The molecule has 1 heterocycles. The Balaban J connectivity index is 2.80. The number of amides is 3. The minimum atomic E-state index is -1.22. The van der Waals surface area contributed by atoms with Crippen LogP contribution in [0, 0.1) is 5.92 Å². The zero-order valence-electron chi connectivity index (χ0n) is 10.8. The van der Waals surface area contributed by atoms with Gasteiger partial charge < -0.3 is 25.7 Å². The predicted molar refractivity (Wildman–Crippen MR) is 65.2 cm³/mol. The van der Waals surface area contributed by atoms with Gasteiger partial charge in [-0.15, -0.1) is 0 Å². The number of aliphatic hydroxyl groups is 1. The highest BCUT2D eigenvalue weighted by atomic mass is 16.4. The molecule has 1 saturated heterocycles. The van der Waals surface area contributed by atoms with Gasteiger partial charge in [0.2, 0.25) is 5.91 Å². The zero-order valence-corrected chi connectivity index (χ0v) is 10.8. The molecule has 1 fully saturated rings.